The molecule has 0 saturated carbocycles. The number of fused-ring (bicyclic) bond motifs is 1. The van der Waals surface area contributed by atoms with Crippen LogP contribution in [0.25, 0.3) is 0 Å². The van der Waals surface area contributed by atoms with Gasteiger partial charge in [0.1, 0.15) is 12.4 Å². The summed E-state index contributed by atoms with van der Waals surface area (Å²) in [6.45, 7) is 6.38. The maximum absolute atomic E-state index is 12.9. The molecule has 34 heavy (non-hydrogen) atoms. The summed E-state index contributed by atoms with van der Waals surface area (Å²) >= 11 is 1.58. The molecule has 0 aliphatic carbocycles. The van der Waals surface area contributed by atoms with Gasteiger partial charge < -0.3 is 14.5 Å². The van der Waals surface area contributed by atoms with E-state index in [1.807, 2.05) is 41.3 Å². The van der Waals surface area contributed by atoms with E-state index in [-0.39, 0.29) is 5.91 Å². The summed E-state index contributed by atoms with van der Waals surface area (Å²) in [6, 6.07) is 18.3. The standard InChI is InChI=1S/C26H29N5O2S/c32-25(20-34-23-5-2-1-3-6-23)31-15-16-33-24-8-7-21(17-22(24)19-31)18-29-11-13-30(14-12-29)26-27-9-4-10-28-26/h1-10,17H,11-16,18-20H2. The second-order valence-corrected chi connectivity index (χ2v) is 9.57. The number of thioether (sulfide) groups is 1. The number of hydrogen-bond donors (Lipinski definition) is 0. The van der Waals surface area contributed by atoms with Gasteiger partial charge >= 0.3 is 0 Å². The molecule has 3 heterocycles. The minimum atomic E-state index is 0.148. The summed E-state index contributed by atoms with van der Waals surface area (Å²) in [6.07, 6.45) is 3.59. The average Bonchev–Trinajstić information content (AvgIpc) is 3.11. The van der Waals surface area contributed by atoms with E-state index in [4.69, 9.17) is 4.74 Å². The van der Waals surface area contributed by atoms with E-state index in [1.54, 1.807) is 24.2 Å². The number of aromatic nitrogens is 2. The van der Waals surface area contributed by atoms with Gasteiger partial charge in [0.05, 0.1) is 12.3 Å². The molecule has 0 radical (unpaired) electrons. The summed E-state index contributed by atoms with van der Waals surface area (Å²) < 4.78 is 5.96. The molecule has 5 rings (SSSR count). The molecular weight excluding hydrogens is 446 g/mol. The number of rotatable bonds is 6. The molecule has 0 atom stereocenters. The highest BCUT2D eigenvalue weighted by atomic mass is 32.2. The van der Waals surface area contributed by atoms with Gasteiger partial charge in [-0.2, -0.15) is 0 Å². The van der Waals surface area contributed by atoms with Crippen molar-refractivity contribution in [2.45, 2.75) is 18.0 Å². The van der Waals surface area contributed by atoms with Crippen LogP contribution < -0.4 is 9.64 Å². The van der Waals surface area contributed by atoms with Gasteiger partial charge in [-0.15, -0.1) is 11.8 Å². The normalized spacial score (nSPS) is 16.5. The van der Waals surface area contributed by atoms with E-state index in [9.17, 15) is 4.79 Å². The third-order valence-corrected chi connectivity index (χ3v) is 7.17. The van der Waals surface area contributed by atoms with E-state index in [0.29, 0.717) is 25.4 Å². The van der Waals surface area contributed by atoms with Crippen LogP contribution in [0, 0.1) is 0 Å². The van der Waals surface area contributed by atoms with Crippen molar-refractivity contribution in [1.29, 1.82) is 0 Å². The smallest absolute Gasteiger partial charge is 0.233 e. The van der Waals surface area contributed by atoms with Gasteiger partial charge in [0.15, 0.2) is 0 Å². The van der Waals surface area contributed by atoms with Crippen LogP contribution >= 0.6 is 11.8 Å². The van der Waals surface area contributed by atoms with Crippen molar-refractivity contribution < 1.29 is 9.53 Å². The monoisotopic (exact) mass is 475 g/mol. The third kappa shape index (κ3) is 5.69. The predicted octanol–water partition coefficient (Wildman–Crippen LogP) is 3.31. The largest absolute Gasteiger partial charge is 0.491 e. The van der Waals surface area contributed by atoms with Gasteiger partial charge in [-0.1, -0.05) is 24.3 Å². The molecule has 176 valence electrons. The lowest BCUT2D eigenvalue weighted by Crippen LogP contribution is -2.46. The third-order valence-electron chi connectivity index (χ3n) is 6.18. The molecule has 2 aromatic carbocycles. The first kappa shape index (κ1) is 22.7. The van der Waals surface area contributed by atoms with Crippen LogP contribution in [0.4, 0.5) is 5.95 Å². The molecule has 1 amide bonds. The van der Waals surface area contributed by atoms with Crippen LogP contribution in [-0.4, -0.2) is 70.8 Å². The Bertz CT molecular complexity index is 1090. The molecule has 7 nitrogen and oxygen atoms in total. The van der Waals surface area contributed by atoms with Crippen molar-refractivity contribution in [1.82, 2.24) is 19.8 Å². The van der Waals surface area contributed by atoms with Crippen molar-refractivity contribution in [3.63, 3.8) is 0 Å². The molecule has 2 aliphatic heterocycles. The van der Waals surface area contributed by atoms with Crippen LogP contribution in [0.15, 0.2) is 71.9 Å². The van der Waals surface area contributed by atoms with Crippen LogP contribution in [0.3, 0.4) is 0 Å². The SMILES string of the molecule is O=C(CSc1ccccc1)N1CCOc2ccc(CN3CCN(c4ncccn4)CC3)cc2C1. The summed E-state index contributed by atoms with van der Waals surface area (Å²) in [4.78, 5) is 29.4. The first-order valence-electron chi connectivity index (χ1n) is 11.7. The molecule has 0 spiro atoms. The lowest BCUT2D eigenvalue weighted by Gasteiger charge is -2.34. The second kappa shape index (κ2) is 10.9. The van der Waals surface area contributed by atoms with Gasteiger partial charge in [0.2, 0.25) is 11.9 Å². The molecule has 8 heteroatoms. The zero-order valence-corrected chi connectivity index (χ0v) is 20.0. The number of carbonyl (C=O) groups excluding carboxylic acids is 1. The highest BCUT2D eigenvalue weighted by Crippen LogP contribution is 2.26. The molecule has 0 bridgehead atoms. The predicted molar refractivity (Wildman–Crippen MR) is 134 cm³/mol. The first-order chi connectivity index (χ1) is 16.7. The summed E-state index contributed by atoms with van der Waals surface area (Å²) in [5.74, 6) is 2.28. The van der Waals surface area contributed by atoms with Gasteiger partial charge in [0.25, 0.3) is 0 Å². The Hall–Kier alpha value is -3.10. The fourth-order valence-corrected chi connectivity index (χ4v) is 5.15. The van der Waals surface area contributed by atoms with E-state index in [1.165, 1.54) is 5.56 Å². The van der Waals surface area contributed by atoms with E-state index < -0.39 is 0 Å². The molecule has 1 saturated heterocycles. The zero-order chi connectivity index (χ0) is 23.2. The quantitative estimate of drug-likeness (QED) is 0.507. The van der Waals surface area contributed by atoms with Crippen LogP contribution in [0.5, 0.6) is 5.75 Å². The topological polar surface area (TPSA) is 61.8 Å². The number of benzene rings is 2. The van der Waals surface area contributed by atoms with Gasteiger partial charge in [0, 0.05) is 62.1 Å². The number of ether oxygens (including phenoxy) is 1. The number of piperazine rings is 1. The highest BCUT2D eigenvalue weighted by molar-refractivity contribution is 8.00. The maximum atomic E-state index is 12.9. The molecule has 0 unspecified atom stereocenters. The van der Waals surface area contributed by atoms with E-state index in [0.717, 1.165) is 54.9 Å². The number of amides is 1. The van der Waals surface area contributed by atoms with Crippen molar-refractivity contribution in [2.75, 3.05) is 50.0 Å². The average molecular weight is 476 g/mol. The van der Waals surface area contributed by atoms with Gasteiger partial charge in [-0.3, -0.25) is 9.69 Å². The van der Waals surface area contributed by atoms with Gasteiger partial charge in [-0.25, -0.2) is 9.97 Å². The minimum Gasteiger partial charge on any atom is -0.491 e. The Morgan fingerprint density at radius 2 is 1.74 bits per heavy atom. The number of hydrogen-bond acceptors (Lipinski definition) is 7. The van der Waals surface area contributed by atoms with Crippen molar-refractivity contribution in [3.05, 3.63) is 78.1 Å². The Morgan fingerprint density at radius 1 is 0.941 bits per heavy atom. The van der Waals surface area contributed by atoms with Crippen LogP contribution in [0.1, 0.15) is 11.1 Å². The number of nitrogens with zero attached hydrogens (tertiary/aromatic N) is 5. The fraction of sp³-hybridized carbons (Fsp3) is 0.346. The Morgan fingerprint density at radius 3 is 2.53 bits per heavy atom. The lowest BCUT2D eigenvalue weighted by atomic mass is 10.1. The first-order valence-corrected chi connectivity index (χ1v) is 12.7. The van der Waals surface area contributed by atoms with Crippen LogP contribution in [0.2, 0.25) is 0 Å². The van der Waals surface area contributed by atoms with Gasteiger partial charge in [-0.05, 0) is 35.9 Å². The molecule has 1 fully saturated rings. The fourth-order valence-electron chi connectivity index (χ4n) is 4.33. The minimum absolute atomic E-state index is 0.148. The molecule has 0 N–H and O–H groups in total. The summed E-state index contributed by atoms with van der Waals surface area (Å²) in [7, 11) is 0. The Labute approximate surface area is 204 Å². The Balaban J connectivity index is 1.18. The Kier molecular flexibility index (Phi) is 7.26. The lowest BCUT2D eigenvalue weighted by molar-refractivity contribution is -0.129. The van der Waals surface area contributed by atoms with Crippen molar-refractivity contribution in [3.8, 4) is 5.75 Å². The molecule has 3 aromatic rings. The van der Waals surface area contributed by atoms with E-state index in [2.05, 4.69) is 38.0 Å². The number of carbonyl (C=O) groups is 1. The zero-order valence-electron chi connectivity index (χ0n) is 19.2. The maximum Gasteiger partial charge on any atom is 0.233 e. The molecule has 1 aromatic heterocycles. The summed E-state index contributed by atoms with van der Waals surface area (Å²) in [5.41, 5.74) is 2.34. The van der Waals surface area contributed by atoms with Crippen molar-refractivity contribution >= 4 is 23.6 Å². The summed E-state index contributed by atoms with van der Waals surface area (Å²) in [5, 5.41) is 0. The second-order valence-electron chi connectivity index (χ2n) is 8.52. The van der Waals surface area contributed by atoms with E-state index >= 15 is 0 Å². The van der Waals surface area contributed by atoms with Crippen LogP contribution in [-0.2, 0) is 17.9 Å². The highest BCUT2D eigenvalue weighted by Gasteiger charge is 2.22. The number of anilines is 1. The molecular formula is C26H29N5O2S. The van der Waals surface area contributed by atoms with Crippen molar-refractivity contribution in [2.24, 2.45) is 0 Å². The molecule has 2 aliphatic rings.